The predicted molar refractivity (Wildman–Crippen MR) is 91.8 cm³/mol. The van der Waals surface area contributed by atoms with Crippen LogP contribution in [-0.2, 0) is 15.8 Å². The molecule has 136 valence electrons. The highest BCUT2D eigenvalue weighted by Gasteiger charge is 2.12. The Balaban J connectivity index is 1.85. The van der Waals surface area contributed by atoms with Crippen LogP contribution in [0.5, 0.6) is 0 Å². The van der Waals surface area contributed by atoms with E-state index in [-0.39, 0.29) is 18.7 Å². The molecule has 0 saturated carbocycles. The summed E-state index contributed by atoms with van der Waals surface area (Å²) in [5.41, 5.74) is 0.897. The smallest absolute Gasteiger partial charge is 0.215 e. The standard InChI is InChI=1S/C15H19F2N5O2S/c1-22(2)14-8-15(21-19-9-14)18-3-4-20-25(23,24)10-11-5-12(16)7-13(17)6-11/h5-9,20H,3-4,10H2,1-2H3,(H,18,21). The molecule has 1 heterocycles. The van der Waals surface area contributed by atoms with Crippen LogP contribution in [0.2, 0.25) is 0 Å². The van der Waals surface area contributed by atoms with Gasteiger partial charge in [0.15, 0.2) is 5.82 Å². The molecule has 0 saturated heterocycles. The number of sulfonamides is 1. The molecule has 2 N–H and O–H groups in total. The quantitative estimate of drug-likeness (QED) is 0.681. The molecule has 0 atom stereocenters. The molecular weight excluding hydrogens is 352 g/mol. The number of hydrogen-bond acceptors (Lipinski definition) is 6. The van der Waals surface area contributed by atoms with Crippen LogP contribution in [0.4, 0.5) is 20.3 Å². The molecular formula is C15H19F2N5O2S. The van der Waals surface area contributed by atoms with Gasteiger partial charge in [0.1, 0.15) is 11.6 Å². The summed E-state index contributed by atoms with van der Waals surface area (Å²) in [7, 11) is 0.0187. The number of rotatable bonds is 8. The molecule has 0 amide bonds. The van der Waals surface area contributed by atoms with Crippen molar-refractivity contribution in [3.05, 3.63) is 47.7 Å². The van der Waals surface area contributed by atoms with E-state index in [9.17, 15) is 17.2 Å². The first-order valence-electron chi connectivity index (χ1n) is 7.41. The second-order valence-electron chi connectivity index (χ2n) is 5.55. The van der Waals surface area contributed by atoms with Crippen LogP contribution in [0.25, 0.3) is 0 Å². The van der Waals surface area contributed by atoms with Crippen molar-refractivity contribution in [1.29, 1.82) is 0 Å². The first-order chi connectivity index (χ1) is 11.7. The Labute approximate surface area is 145 Å². The molecule has 0 aliphatic carbocycles. The zero-order valence-corrected chi connectivity index (χ0v) is 14.6. The molecule has 10 heteroatoms. The fourth-order valence-corrected chi connectivity index (χ4v) is 3.17. The van der Waals surface area contributed by atoms with E-state index in [1.807, 2.05) is 19.0 Å². The van der Waals surface area contributed by atoms with Gasteiger partial charge in [-0.1, -0.05) is 0 Å². The van der Waals surface area contributed by atoms with Gasteiger partial charge in [-0.2, -0.15) is 5.10 Å². The predicted octanol–water partition coefficient (Wildman–Crippen LogP) is 1.35. The van der Waals surface area contributed by atoms with E-state index in [4.69, 9.17) is 0 Å². The van der Waals surface area contributed by atoms with Crippen molar-refractivity contribution in [2.24, 2.45) is 0 Å². The van der Waals surface area contributed by atoms with Gasteiger partial charge in [-0.05, 0) is 17.7 Å². The van der Waals surface area contributed by atoms with E-state index in [1.165, 1.54) is 0 Å². The molecule has 0 aliphatic rings. The lowest BCUT2D eigenvalue weighted by Gasteiger charge is -2.13. The summed E-state index contributed by atoms with van der Waals surface area (Å²) in [6.45, 7) is 0.371. The molecule has 1 aromatic carbocycles. The summed E-state index contributed by atoms with van der Waals surface area (Å²) in [6.07, 6.45) is 1.60. The minimum atomic E-state index is -3.71. The van der Waals surface area contributed by atoms with Gasteiger partial charge >= 0.3 is 0 Å². The highest BCUT2D eigenvalue weighted by molar-refractivity contribution is 7.88. The monoisotopic (exact) mass is 371 g/mol. The second kappa shape index (κ2) is 8.17. The number of nitrogens with one attached hydrogen (secondary N) is 2. The largest absolute Gasteiger partial charge is 0.376 e. The van der Waals surface area contributed by atoms with E-state index in [1.54, 1.807) is 12.3 Å². The van der Waals surface area contributed by atoms with Gasteiger partial charge in [0, 0.05) is 39.3 Å². The number of anilines is 2. The van der Waals surface area contributed by atoms with Crippen LogP contribution in [0, 0.1) is 11.6 Å². The molecule has 0 unspecified atom stereocenters. The van der Waals surface area contributed by atoms with Gasteiger partial charge in [-0.15, -0.1) is 5.10 Å². The normalized spacial score (nSPS) is 11.4. The van der Waals surface area contributed by atoms with E-state index in [0.29, 0.717) is 11.9 Å². The van der Waals surface area contributed by atoms with Crippen LogP contribution in [0.3, 0.4) is 0 Å². The minimum Gasteiger partial charge on any atom is -0.376 e. The Morgan fingerprint density at radius 3 is 2.40 bits per heavy atom. The fourth-order valence-electron chi connectivity index (χ4n) is 2.05. The Morgan fingerprint density at radius 2 is 1.76 bits per heavy atom. The molecule has 25 heavy (non-hydrogen) atoms. The molecule has 2 aromatic rings. The Bertz CT molecular complexity index is 810. The molecule has 1 aromatic heterocycles. The maximum Gasteiger partial charge on any atom is 0.215 e. The maximum atomic E-state index is 13.1. The lowest BCUT2D eigenvalue weighted by atomic mass is 10.2. The zero-order chi connectivity index (χ0) is 18.4. The molecule has 0 fully saturated rings. The third-order valence-electron chi connectivity index (χ3n) is 3.19. The lowest BCUT2D eigenvalue weighted by molar-refractivity contribution is 0.575. The minimum absolute atomic E-state index is 0.0440. The lowest BCUT2D eigenvalue weighted by Crippen LogP contribution is -2.30. The fraction of sp³-hybridized carbons (Fsp3) is 0.333. The number of aromatic nitrogens is 2. The van der Waals surface area contributed by atoms with Gasteiger partial charge in [-0.3, -0.25) is 0 Å². The molecule has 0 radical (unpaired) electrons. The van der Waals surface area contributed by atoms with Crippen LogP contribution < -0.4 is 14.9 Å². The topological polar surface area (TPSA) is 87.2 Å². The van der Waals surface area contributed by atoms with Crippen LogP contribution in [0.1, 0.15) is 5.56 Å². The van der Waals surface area contributed by atoms with Crippen molar-refractivity contribution in [2.45, 2.75) is 5.75 Å². The van der Waals surface area contributed by atoms with Crippen molar-refractivity contribution in [3.63, 3.8) is 0 Å². The summed E-state index contributed by atoms with van der Waals surface area (Å²) in [5.74, 6) is -1.62. The molecule has 0 spiro atoms. The van der Waals surface area contributed by atoms with Gasteiger partial charge < -0.3 is 10.2 Å². The Morgan fingerprint density at radius 1 is 1.08 bits per heavy atom. The summed E-state index contributed by atoms with van der Waals surface area (Å²) in [5, 5.41) is 10.7. The number of nitrogens with zero attached hydrogens (tertiary/aromatic N) is 3. The van der Waals surface area contributed by atoms with Crippen LogP contribution in [-0.4, -0.2) is 45.8 Å². The SMILES string of the molecule is CN(C)c1cnnc(NCCNS(=O)(=O)Cc2cc(F)cc(F)c2)c1. The molecule has 2 rings (SSSR count). The number of halogens is 2. The van der Waals surface area contributed by atoms with Crippen molar-refractivity contribution in [3.8, 4) is 0 Å². The van der Waals surface area contributed by atoms with Gasteiger partial charge in [0.2, 0.25) is 10.0 Å². The summed E-state index contributed by atoms with van der Waals surface area (Å²) in [4.78, 5) is 1.86. The number of benzene rings is 1. The van der Waals surface area contributed by atoms with E-state index >= 15 is 0 Å². The molecule has 0 aliphatic heterocycles. The van der Waals surface area contributed by atoms with Gasteiger partial charge in [0.05, 0.1) is 17.6 Å². The molecule has 0 bridgehead atoms. The average Bonchev–Trinajstić information content (AvgIpc) is 2.50. The summed E-state index contributed by atoms with van der Waals surface area (Å²) < 4.78 is 52.5. The Kier molecular flexibility index (Phi) is 6.21. The van der Waals surface area contributed by atoms with Gasteiger partial charge in [0.25, 0.3) is 0 Å². The van der Waals surface area contributed by atoms with Crippen molar-refractivity contribution in [1.82, 2.24) is 14.9 Å². The van der Waals surface area contributed by atoms with Gasteiger partial charge in [-0.25, -0.2) is 21.9 Å². The van der Waals surface area contributed by atoms with Crippen molar-refractivity contribution >= 4 is 21.5 Å². The zero-order valence-electron chi connectivity index (χ0n) is 13.8. The van der Waals surface area contributed by atoms with E-state index in [0.717, 1.165) is 17.8 Å². The van der Waals surface area contributed by atoms with Crippen molar-refractivity contribution < 1.29 is 17.2 Å². The third kappa shape index (κ3) is 6.24. The first kappa shape index (κ1) is 19.0. The third-order valence-corrected chi connectivity index (χ3v) is 4.55. The van der Waals surface area contributed by atoms with Crippen molar-refractivity contribution in [2.75, 3.05) is 37.4 Å². The highest BCUT2D eigenvalue weighted by Crippen LogP contribution is 2.12. The van der Waals surface area contributed by atoms with Crippen LogP contribution >= 0.6 is 0 Å². The average molecular weight is 371 g/mol. The van der Waals surface area contributed by atoms with Crippen LogP contribution in [0.15, 0.2) is 30.5 Å². The van der Waals surface area contributed by atoms with E-state index in [2.05, 4.69) is 20.2 Å². The summed E-state index contributed by atoms with van der Waals surface area (Å²) >= 11 is 0. The Hall–Kier alpha value is -2.33. The van der Waals surface area contributed by atoms with E-state index < -0.39 is 27.4 Å². The number of hydrogen-bond donors (Lipinski definition) is 2. The first-order valence-corrected chi connectivity index (χ1v) is 9.06. The summed E-state index contributed by atoms with van der Waals surface area (Å²) in [6, 6.07) is 4.44. The maximum absolute atomic E-state index is 13.1. The molecule has 7 nitrogen and oxygen atoms in total. The second-order valence-corrected chi connectivity index (χ2v) is 7.36. The highest BCUT2D eigenvalue weighted by atomic mass is 32.2.